The summed E-state index contributed by atoms with van der Waals surface area (Å²) in [6.07, 6.45) is 2.15. The number of fused-ring (bicyclic) bond motifs is 1. The zero-order valence-electron chi connectivity index (χ0n) is 19.1. The van der Waals surface area contributed by atoms with Crippen molar-refractivity contribution in [3.8, 4) is 17.2 Å². The van der Waals surface area contributed by atoms with Gasteiger partial charge < -0.3 is 19.8 Å². The summed E-state index contributed by atoms with van der Waals surface area (Å²) in [5, 5.41) is 7.99. The van der Waals surface area contributed by atoms with E-state index in [0.717, 1.165) is 16.8 Å². The molecule has 9 nitrogen and oxygen atoms in total. The number of carbonyl (C=O) groups is 1. The van der Waals surface area contributed by atoms with Gasteiger partial charge in [-0.3, -0.25) is 9.59 Å². The van der Waals surface area contributed by atoms with Crippen molar-refractivity contribution in [3.05, 3.63) is 70.1 Å². The minimum absolute atomic E-state index is 0.124. The minimum Gasteiger partial charge on any atom is -0.493 e. The van der Waals surface area contributed by atoms with Crippen molar-refractivity contribution in [2.75, 3.05) is 26.5 Å². The van der Waals surface area contributed by atoms with Crippen LogP contribution in [0.4, 0.5) is 0 Å². The maximum absolute atomic E-state index is 12.5. The first-order valence-corrected chi connectivity index (χ1v) is 11.6. The molecule has 0 saturated carbocycles. The number of para-hydroxylation sites is 1. The molecule has 0 spiro atoms. The number of nitrogens with zero attached hydrogens (tertiary/aromatic N) is 3. The molecule has 176 valence electrons. The van der Waals surface area contributed by atoms with Crippen LogP contribution >= 0.6 is 11.8 Å². The van der Waals surface area contributed by atoms with Gasteiger partial charge >= 0.3 is 0 Å². The van der Waals surface area contributed by atoms with Gasteiger partial charge in [0.25, 0.3) is 5.56 Å². The number of aromatic nitrogens is 4. The van der Waals surface area contributed by atoms with Crippen molar-refractivity contribution in [1.82, 2.24) is 25.1 Å². The molecule has 4 aromatic rings. The first-order valence-electron chi connectivity index (χ1n) is 10.6. The number of amides is 1. The smallest absolute Gasteiger partial charge is 0.262 e. The van der Waals surface area contributed by atoms with Crippen LogP contribution in [-0.2, 0) is 11.2 Å². The van der Waals surface area contributed by atoms with E-state index in [-0.39, 0.29) is 17.2 Å². The zero-order chi connectivity index (χ0) is 24.1. The predicted molar refractivity (Wildman–Crippen MR) is 131 cm³/mol. The molecule has 0 atom stereocenters. The van der Waals surface area contributed by atoms with E-state index in [1.54, 1.807) is 18.9 Å². The molecule has 1 amide bonds. The summed E-state index contributed by atoms with van der Waals surface area (Å²) in [7, 11) is 3.18. The number of aryl methyl sites for hydroxylation is 1. The lowest BCUT2D eigenvalue weighted by Gasteiger charge is -2.10. The van der Waals surface area contributed by atoms with E-state index in [4.69, 9.17) is 9.47 Å². The number of hydrogen-bond acceptors (Lipinski definition) is 7. The largest absolute Gasteiger partial charge is 0.493 e. The van der Waals surface area contributed by atoms with Crippen molar-refractivity contribution in [3.63, 3.8) is 0 Å². The van der Waals surface area contributed by atoms with Gasteiger partial charge in [-0.05, 0) is 42.7 Å². The number of H-pyrrole nitrogens is 1. The van der Waals surface area contributed by atoms with Crippen molar-refractivity contribution in [2.45, 2.75) is 18.5 Å². The van der Waals surface area contributed by atoms with E-state index in [2.05, 4.69) is 20.4 Å². The van der Waals surface area contributed by atoms with Gasteiger partial charge in [-0.15, -0.1) is 0 Å². The molecular weight excluding hydrogens is 454 g/mol. The number of methoxy groups -OCH3 is 2. The van der Waals surface area contributed by atoms with Crippen LogP contribution in [-0.4, -0.2) is 52.2 Å². The predicted octanol–water partition coefficient (Wildman–Crippen LogP) is 2.89. The Morgan fingerprint density at radius 3 is 2.71 bits per heavy atom. The molecule has 0 saturated heterocycles. The van der Waals surface area contributed by atoms with Gasteiger partial charge in [0, 0.05) is 6.54 Å². The van der Waals surface area contributed by atoms with Crippen LogP contribution in [0.3, 0.4) is 0 Å². The number of rotatable bonds is 9. The SMILES string of the molecule is COc1ccc(CCNC(=O)CSc2nc3c(cnn3-c3ccccc3C)c(=O)[nH]2)cc1OC. The highest BCUT2D eigenvalue weighted by molar-refractivity contribution is 7.99. The second kappa shape index (κ2) is 10.4. The highest BCUT2D eigenvalue weighted by Gasteiger charge is 2.14. The number of nitrogens with one attached hydrogen (secondary N) is 2. The summed E-state index contributed by atoms with van der Waals surface area (Å²) in [4.78, 5) is 32.1. The van der Waals surface area contributed by atoms with E-state index in [1.165, 1.54) is 18.0 Å². The standard InChI is InChI=1S/C24H25N5O4S/c1-15-6-4-5-7-18(15)29-22-17(13-26-29)23(31)28-24(27-22)34-14-21(30)25-11-10-16-8-9-19(32-2)20(12-16)33-3/h4-9,12-13H,10-11,14H2,1-3H3,(H,25,30)(H,27,28,31). The Morgan fingerprint density at radius 2 is 1.94 bits per heavy atom. The van der Waals surface area contributed by atoms with Gasteiger partial charge in [-0.1, -0.05) is 36.0 Å². The first kappa shape index (κ1) is 23.4. The summed E-state index contributed by atoms with van der Waals surface area (Å²) in [5.41, 5.74) is 3.04. The van der Waals surface area contributed by atoms with Gasteiger partial charge in [0.05, 0.1) is 31.9 Å². The van der Waals surface area contributed by atoms with Crippen LogP contribution in [0.15, 0.2) is 58.6 Å². The summed E-state index contributed by atoms with van der Waals surface area (Å²) >= 11 is 1.17. The van der Waals surface area contributed by atoms with E-state index >= 15 is 0 Å². The Morgan fingerprint density at radius 1 is 1.15 bits per heavy atom. The lowest BCUT2D eigenvalue weighted by molar-refractivity contribution is -0.118. The molecular formula is C24H25N5O4S. The zero-order valence-corrected chi connectivity index (χ0v) is 19.9. The van der Waals surface area contributed by atoms with Gasteiger partial charge in [0.2, 0.25) is 5.91 Å². The number of aromatic amines is 1. The Balaban J connectivity index is 1.39. The van der Waals surface area contributed by atoms with Gasteiger partial charge in [0.1, 0.15) is 5.39 Å². The van der Waals surface area contributed by atoms with Crippen LogP contribution in [0.5, 0.6) is 11.5 Å². The second-order valence-electron chi connectivity index (χ2n) is 7.53. The Labute approximate surface area is 200 Å². The molecule has 0 aliphatic heterocycles. The van der Waals surface area contributed by atoms with Crippen LogP contribution in [0.1, 0.15) is 11.1 Å². The van der Waals surface area contributed by atoms with Crippen molar-refractivity contribution < 1.29 is 14.3 Å². The third-order valence-electron chi connectivity index (χ3n) is 5.28. The summed E-state index contributed by atoms with van der Waals surface area (Å²) in [5.74, 6) is 1.28. The molecule has 34 heavy (non-hydrogen) atoms. The molecule has 2 heterocycles. The van der Waals surface area contributed by atoms with Crippen molar-refractivity contribution in [2.24, 2.45) is 0 Å². The van der Waals surface area contributed by atoms with E-state index in [1.807, 2.05) is 49.4 Å². The fourth-order valence-electron chi connectivity index (χ4n) is 3.51. The highest BCUT2D eigenvalue weighted by Crippen LogP contribution is 2.27. The summed E-state index contributed by atoms with van der Waals surface area (Å²) in [6.45, 7) is 2.44. The summed E-state index contributed by atoms with van der Waals surface area (Å²) in [6, 6.07) is 13.4. The highest BCUT2D eigenvalue weighted by atomic mass is 32.2. The Hall–Kier alpha value is -3.79. The van der Waals surface area contributed by atoms with Gasteiger partial charge in [0.15, 0.2) is 22.3 Å². The topological polar surface area (TPSA) is 111 Å². The van der Waals surface area contributed by atoms with Gasteiger partial charge in [-0.25, -0.2) is 9.67 Å². The second-order valence-corrected chi connectivity index (χ2v) is 8.49. The number of thioether (sulfide) groups is 1. The molecule has 0 aliphatic rings. The van der Waals surface area contributed by atoms with Crippen LogP contribution < -0.4 is 20.3 Å². The fourth-order valence-corrected chi connectivity index (χ4v) is 4.20. The maximum Gasteiger partial charge on any atom is 0.262 e. The third kappa shape index (κ3) is 5.07. The average Bonchev–Trinajstić information content (AvgIpc) is 3.27. The van der Waals surface area contributed by atoms with Crippen molar-refractivity contribution >= 4 is 28.7 Å². The quantitative estimate of drug-likeness (QED) is 0.280. The minimum atomic E-state index is -0.291. The number of carbonyl (C=O) groups excluding carboxylic acids is 1. The Bertz CT molecular complexity index is 1380. The van der Waals surface area contributed by atoms with Crippen molar-refractivity contribution in [1.29, 1.82) is 0 Å². The fraction of sp³-hybridized carbons (Fsp3) is 0.250. The molecule has 4 rings (SSSR count). The van der Waals surface area contributed by atoms with E-state index < -0.39 is 0 Å². The van der Waals surface area contributed by atoms with Crippen LogP contribution in [0.25, 0.3) is 16.7 Å². The molecule has 10 heteroatoms. The van der Waals surface area contributed by atoms with E-state index in [0.29, 0.717) is 40.7 Å². The monoisotopic (exact) mass is 479 g/mol. The Kier molecular flexibility index (Phi) is 7.17. The molecule has 0 bridgehead atoms. The molecule has 2 N–H and O–H groups in total. The third-order valence-corrected chi connectivity index (χ3v) is 6.16. The summed E-state index contributed by atoms with van der Waals surface area (Å²) < 4.78 is 12.2. The molecule has 0 aliphatic carbocycles. The lowest BCUT2D eigenvalue weighted by atomic mass is 10.1. The van der Waals surface area contributed by atoms with Crippen LogP contribution in [0, 0.1) is 6.92 Å². The lowest BCUT2D eigenvalue weighted by Crippen LogP contribution is -2.27. The molecule has 2 aromatic heterocycles. The average molecular weight is 480 g/mol. The first-order chi connectivity index (χ1) is 16.5. The molecule has 0 radical (unpaired) electrons. The number of hydrogen-bond donors (Lipinski definition) is 2. The molecule has 0 unspecified atom stereocenters. The molecule has 0 fully saturated rings. The van der Waals surface area contributed by atoms with E-state index in [9.17, 15) is 9.59 Å². The number of benzene rings is 2. The molecule has 2 aromatic carbocycles. The normalized spacial score (nSPS) is 10.9. The van der Waals surface area contributed by atoms with Gasteiger partial charge in [-0.2, -0.15) is 5.10 Å². The van der Waals surface area contributed by atoms with Crippen LogP contribution in [0.2, 0.25) is 0 Å². The number of ether oxygens (including phenoxy) is 2. The maximum atomic E-state index is 12.5.